The predicted octanol–water partition coefficient (Wildman–Crippen LogP) is 4.11. The van der Waals surface area contributed by atoms with E-state index in [2.05, 4.69) is 15.3 Å². The summed E-state index contributed by atoms with van der Waals surface area (Å²) in [4.78, 5) is 21.8. The summed E-state index contributed by atoms with van der Waals surface area (Å²) < 4.78 is 33.1. The lowest BCUT2D eigenvalue weighted by Crippen LogP contribution is -2.39. The molecule has 3 N–H and O–H groups in total. The summed E-state index contributed by atoms with van der Waals surface area (Å²) in [7, 11) is 1.27. The zero-order valence-corrected chi connectivity index (χ0v) is 18.3. The number of carbonyl (C=O) groups is 1. The lowest BCUT2D eigenvalue weighted by Gasteiger charge is -2.34. The molecule has 0 radical (unpaired) electrons. The summed E-state index contributed by atoms with van der Waals surface area (Å²) in [5, 5.41) is 5.27. The fourth-order valence-electron chi connectivity index (χ4n) is 4.06. The number of allylic oxidation sites excluding steroid dienone is 1. The van der Waals surface area contributed by atoms with Crippen LogP contribution in [0.2, 0.25) is 5.02 Å². The molecule has 31 heavy (non-hydrogen) atoms. The Labute approximate surface area is 187 Å². The van der Waals surface area contributed by atoms with E-state index < -0.39 is 28.7 Å². The Morgan fingerprint density at radius 1 is 1.29 bits per heavy atom. The Balaban J connectivity index is 1.89. The van der Waals surface area contributed by atoms with Gasteiger partial charge in [-0.25, -0.2) is 18.6 Å². The Bertz CT molecular complexity index is 1050. The quantitative estimate of drug-likeness (QED) is 0.523. The number of hydrogen-bond donors (Lipinski definition) is 2. The van der Waals surface area contributed by atoms with E-state index in [1.165, 1.54) is 24.5 Å². The van der Waals surface area contributed by atoms with E-state index in [9.17, 15) is 13.6 Å². The third kappa shape index (κ3) is 4.22. The zero-order valence-electron chi connectivity index (χ0n) is 16.7. The number of thiazole rings is 1. The van der Waals surface area contributed by atoms with Gasteiger partial charge in [0.05, 0.1) is 17.7 Å². The van der Waals surface area contributed by atoms with Crippen molar-refractivity contribution in [2.45, 2.75) is 37.8 Å². The number of aliphatic imine (C=N–C) groups is 1. The third-order valence-electron chi connectivity index (χ3n) is 5.65. The van der Waals surface area contributed by atoms with Crippen LogP contribution >= 0.6 is 22.9 Å². The molecule has 164 valence electrons. The van der Waals surface area contributed by atoms with Crippen LogP contribution in [0.3, 0.4) is 0 Å². The van der Waals surface area contributed by atoms with Gasteiger partial charge in [-0.1, -0.05) is 17.7 Å². The molecule has 1 fully saturated rings. The van der Waals surface area contributed by atoms with Gasteiger partial charge in [0.2, 0.25) is 0 Å². The number of amidine groups is 1. The SMILES string of the molecule is COC(=O)C1=C(C2CCC(N)CC2)NC(c2nccs2)=NC1c1ccc(F)c(F)c1Cl. The molecule has 1 aromatic carbocycles. The molecule has 0 amide bonds. The van der Waals surface area contributed by atoms with Crippen LogP contribution in [0.5, 0.6) is 0 Å². The third-order valence-corrected chi connectivity index (χ3v) is 6.82. The van der Waals surface area contributed by atoms with Crippen LogP contribution in [0.1, 0.15) is 42.3 Å². The molecule has 0 saturated heterocycles. The average molecular weight is 467 g/mol. The first-order valence-corrected chi connectivity index (χ1v) is 11.1. The molecule has 2 aromatic rings. The largest absolute Gasteiger partial charge is 0.466 e. The summed E-state index contributed by atoms with van der Waals surface area (Å²) in [5.74, 6) is -2.41. The number of carbonyl (C=O) groups excluding carboxylic acids is 1. The van der Waals surface area contributed by atoms with Crippen molar-refractivity contribution < 1.29 is 18.3 Å². The van der Waals surface area contributed by atoms with Gasteiger partial charge in [0.25, 0.3) is 0 Å². The van der Waals surface area contributed by atoms with Crippen molar-refractivity contribution in [1.29, 1.82) is 0 Å². The van der Waals surface area contributed by atoms with Crippen LogP contribution in [-0.4, -0.2) is 29.9 Å². The maximum Gasteiger partial charge on any atom is 0.338 e. The van der Waals surface area contributed by atoms with Crippen LogP contribution in [0, 0.1) is 17.6 Å². The van der Waals surface area contributed by atoms with E-state index in [4.69, 9.17) is 22.1 Å². The van der Waals surface area contributed by atoms with Crippen LogP contribution in [-0.2, 0) is 9.53 Å². The van der Waals surface area contributed by atoms with E-state index in [0.717, 1.165) is 31.7 Å². The number of hydrogen-bond acceptors (Lipinski definition) is 7. The molecule has 4 rings (SSSR count). The van der Waals surface area contributed by atoms with Gasteiger partial charge in [0.15, 0.2) is 22.5 Å². The van der Waals surface area contributed by atoms with E-state index in [-0.39, 0.29) is 23.1 Å². The van der Waals surface area contributed by atoms with Crippen molar-refractivity contribution in [3.05, 3.63) is 62.2 Å². The number of esters is 1. The number of halogens is 3. The molecule has 10 heteroatoms. The zero-order chi connectivity index (χ0) is 22.1. The summed E-state index contributed by atoms with van der Waals surface area (Å²) in [6.07, 6.45) is 4.80. The topological polar surface area (TPSA) is 89.6 Å². The highest BCUT2D eigenvalue weighted by Gasteiger charge is 2.38. The molecule has 1 saturated carbocycles. The highest BCUT2D eigenvalue weighted by Crippen LogP contribution is 2.41. The molecule has 1 aliphatic heterocycles. The number of ether oxygens (including phenoxy) is 1. The predicted molar refractivity (Wildman–Crippen MR) is 115 cm³/mol. The first-order valence-electron chi connectivity index (χ1n) is 9.86. The van der Waals surface area contributed by atoms with E-state index in [0.29, 0.717) is 16.5 Å². The minimum Gasteiger partial charge on any atom is -0.466 e. The minimum atomic E-state index is -1.18. The Hall–Kier alpha value is -2.36. The molecular formula is C21H21ClF2N4O2S. The molecule has 0 spiro atoms. The van der Waals surface area contributed by atoms with Gasteiger partial charge in [-0.15, -0.1) is 11.3 Å². The molecule has 2 aliphatic rings. The van der Waals surface area contributed by atoms with Crippen molar-refractivity contribution in [3.8, 4) is 0 Å². The normalized spacial score (nSPS) is 23.9. The Morgan fingerprint density at radius 2 is 2.03 bits per heavy atom. The van der Waals surface area contributed by atoms with Gasteiger partial charge in [-0.2, -0.15) is 0 Å². The molecule has 1 aliphatic carbocycles. The first kappa shape index (κ1) is 21.9. The summed E-state index contributed by atoms with van der Waals surface area (Å²) in [6.45, 7) is 0. The maximum atomic E-state index is 14.3. The van der Waals surface area contributed by atoms with E-state index in [1.54, 1.807) is 11.6 Å². The second-order valence-corrected chi connectivity index (χ2v) is 8.81. The second-order valence-electron chi connectivity index (χ2n) is 7.54. The first-order chi connectivity index (χ1) is 14.9. The maximum absolute atomic E-state index is 14.3. The Morgan fingerprint density at radius 3 is 2.68 bits per heavy atom. The Kier molecular flexibility index (Phi) is 6.36. The van der Waals surface area contributed by atoms with Crippen molar-refractivity contribution in [2.24, 2.45) is 16.6 Å². The van der Waals surface area contributed by atoms with Crippen LogP contribution in [0.4, 0.5) is 8.78 Å². The summed E-state index contributed by atoms with van der Waals surface area (Å²) >= 11 is 7.53. The average Bonchev–Trinajstić information content (AvgIpc) is 3.32. The lowest BCUT2D eigenvalue weighted by molar-refractivity contribution is -0.136. The molecule has 6 nitrogen and oxygen atoms in total. The molecule has 1 aromatic heterocycles. The van der Waals surface area contributed by atoms with Gasteiger partial charge in [0, 0.05) is 28.9 Å². The molecule has 0 bridgehead atoms. The van der Waals surface area contributed by atoms with E-state index in [1.807, 2.05) is 0 Å². The second kappa shape index (κ2) is 9.02. The van der Waals surface area contributed by atoms with Crippen molar-refractivity contribution in [3.63, 3.8) is 0 Å². The number of nitrogens with one attached hydrogen (secondary N) is 1. The van der Waals surface area contributed by atoms with Crippen molar-refractivity contribution in [2.75, 3.05) is 7.11 Å². The monoisotopic (exact) mass is 466 g/mol. The van der Waals surface area contributed by atoms with Crippen LogP contribution < -0.4 is 11.1 Å². The van der Waals surface area contributed by atoms with Crippen LogP contribution in [0.25, 0.3) is 0 Å². The highest BCUT2D eigenvalue weighted by molar-refractivity contribution is 7.11. The number of rotatable bonds is 4. The van der Waals surface area contributed by atoms with Crippen molar-refractivity contribution >= 4 is 34.7 Å². The molecule has 1 unspecified atom stereocenters. The summed E-state index contributed by atoms with van der Waals surface area (Å²) in [5.41, 5.74) is 7.12. The summed E-state index contributed by atoms with van der Waals surface area (Å²) in [6, 6.07) is 1.47. The van der Waals surface area contributed by atoms with Gasteiger partial charge >= 0.3 is 5.97 Å². The molecular weight excluding hydrogens is 446 g/mol. The molecule has 1 atom stereocenters. The number of nitrogens with two attached hydrogens (primary N) is 1. The minimum absolute atomic E-state index is 0.00549. The number of nitrogens with zero attached hydrogens (tertiary/aromatic N) is 2. The smallest absolute Gasteiger partial charge is 0.338 e. The van der Waals surface area contributed by atoms with Gasteiger partial charge < -0.3 is 15.8 Å². The van der Waals surface area contributed by atoms with E-state index >= 15 is 0 Å². The van der Waals surface area contributed by atoms with Gasteiger partial charge in [0.1, 0.15) is 6.04 Å². The van der Waals surface area contributed by atoms with Gasteiger partial charge in [-0.05, 0) is 37.7 Å². The fraction of sp³-hybridized carbons (Fsp3) is 0.381. The highest BCUT2D eigenvalue weighted by atomic mass is 35.5. The van der Waals surface area contributed by atoms with Crippen LogP contribution in [0.15, 0.2) is 40.0 Å². The number of methoxy groups -OCH3 is 1. The van der Waals surface area contributed by atoms with Crippen molar-refractivity contribution in [1.82, 2.24) is 10.3 Å². The number of aromatic nitrogens is 1. The van der Waals surface area contributed by atoms with Gasteiger partial charge in [-0.3, -0.25) is 4.99 Å². The fourth-order valence-corrected chi connectivity index (χ4v) is 4.90. The lowest BCUT2D eigenvalue weighted by atomic mass is 9.80. The number of benzene rings is 1. The standard InChI is InChI=1S/C21H21ClF2N4O2S/c1-30-21(29)14-17(10-2-4-11(25)5-3-10)27-19(20-26-8-9-31-20)28-18(14)12-6-7-13(23)16(24)15(12)22/h6-11,18H,2-5,25H2,1H3,(H,27,28). The molecule has 2 heterocycles.